The second-order valence-corrected chi connectivity index (χ2v) is 2.99. The normalized spacial score (nSPS) is 10.5. The van der Waals surface area contributed by atoms with Crippen LogP contribution in [0.1, 0.15) is 32.6 Å². The highest BCUT2D eigenvalue weighted by Crippen LogP contribution is 2.17. The van der Waals surface area contributed by atoms with E-state index in [0.717, 1.165) is 19.3 Å². The topological polar surface area (TPSA) is 80.9 Å². The monoisotopic (exact) mass is 174 g/mol. The van der Waals surface area contributed by atoms with Crippen LogP contribution in [0, 0.1) is 0 Å². The fraction of sp³-hybridized carbons (Fsp3) is 1.00. The Morgan fingerprint density at radius 2 is 1.50 bits per heavy atom. The molecule has 0 saturated heterocycles. The van der Waals surface area contributed by atoms with Crippen molar-refractivity contribution in [2.45, 2.75) is 38.3 Å². The van der Waals surface area contributed by atoms with E-state index in [1.54, 1.807) is 0 Å². The summed E-state index contributed by atoms with van der Waals surface area (Å²) in [6.45, 7) is 2.03. The predicted octanol–water partition coefficient (Wildman–Crippen LogP) is -0.578. The molecule has 12 heavy (non-hydrogen) atoms. The van der Waals surface area contributed by atoms with E-state index >= 15 is 0 Å². The SMILES string of the molecule is CCCCCC(B(O)O)B(O)O. The molecule has 0 fully saturated rings. The Kier molecular flexibility index (Phi) is 6.47. The molecule has 6 heteroatoms. The highest BCUT2D eigenvalue weighted by Gasteiger charge is 2.33. The van der Waals surface area contributed by atoms with E-state index in [1.165, 1.54) is 0 Å². The van der Waals surface area contributed by atoms with E-state index in [2.05, 4.69) is 0 Å². The minimum absolute atomic E-state index is 0.434. The van der Waals surface area contributed by atoms with Gasteiger partial charge in [-0.1, -0.05) is 32.6 Å². The third-order valence-corrected chi connectivity index (χ3v) is 1.91. The third-order valence-electron chi connectivity index (χ3n) is 1.91. The van der Waals surface area contributed by atoms with Crippen molar-refractivity contribution in [3.63, 3.8) is 0 Å². The van der Waals surface area contributed by atoms with Crippen LogP contribution in [0.2, 0.25) is 5.72 Å². The minimum atomic E-state index is -1.64. The molecule has 0 saturated carbocycles. The minimum Gasteiger partial charge on any atom is -0.427 e. The van der Waals surface area contributed by atoms with Crippen LogP contribution in [-0.4, -0.2) is 34.3 Å². The van der Waals surface area contributed by atoms with Crippen LogP contribution in [-0.2, 0) is 0 Å². The van der Waals surface area contributed by atoms with Crippen LogP contribution in [0.4, 0.5) is 0 Å². The maximum atomic E-state index is 8.72. The highest BCUT2D eigenvalue weighted by molar-refractivity contribution is 6.64. The zero-order valence-corrected chi connectivity index (χ0v) is 7.35. The lowest BCUT2D eigenvalue weighted by atomic mass is 9.51. The first kappa shape index (κ1) is 12.0. The third kappa shape index (κ3) is 4.77. The fourth-order valence-corrected chi connectivity index (χ4v) is 1.08. The first-order chi connectivity index (χ1) is 5.59. The number of hydrogen-bond donors (Lipinski definition) is 4. The van der Waals surface area contributed by atoms with Gasteiger partial charge in [-0.3, -0.25) is 0 Å². The highest BCUT2D eigenvalue weighted by atomic mass is 16.4. The fourth-order valence-electron chi connectivity index (χ4n) is 1.08. The van der Waals surface area contributed by atoms with Gasteiger partial charge in [-0.05, 0) is 0 Å². The van der Waals surface area contributed by atoms with Gasteiger partial charge in [0.25, 0.3) is 0 Å². The summed E-state index contributed by atoms with van der Waals surface area (Å²) in [6, 6.07) is 0. The van der Waals surface area contributed by atoms with Crippen molar-refractivity contribution in [3.8, 4) is 0 Å². The molecule has 0 unspecified atom stereocenters. The van der Waals surface area contributed by atoms with E-state index in [1.807, 2.05) is 6.92 Å². The van der Waals surface area contributed by atoms with Gasteiger partial charge in [0.15, 0.2) is 0 Å². The van der Waals surface area contributed by atoms with Gasteiger partial charge in [-0.25, -0.2) is 0 Å². The van der Waals surface area contributed by atoms with E-state index in [9.17, 15) is 0 Å². The molecule has 0 aromatic carbocycles. The molecule has 0 aliphatic rings. The summed E-state index contributed by atoms with van der Waals surface area (Å²) < 4.78 is 0. The quantitative estimate of drug-likeness (QED) is 0.320. The average molecular weight is 174 g/mol. The summed E-state index contributed by atoms with van der Waals surface area (Å²) in [6.07, 6.45) is 3.21. The first-order valence-corrected chi connectivity index (χ1v) is 4.31. The molecule has 0 rings (SSSR count). The van der Waals surface area contributed by atoms with E-state index < -0.39 is 20.0 Å². The molecule has 70 valence electrons. The van der Waals surface area contributed by atoms with Crippen molar-refractivity contribution in [2.75, 3.05) is 0 Å². The molecule has 0 spiro atoms. The standard InChI is InChI=1S/C6H16B2O4/c1-2-3-4-5-6(7(9)10)8(11)12/h6,9-12H,2-5H2,1H3. The van der Waals surface area contributed by atoms with Gasteiger partial charge in [0.1, 0.15) is 0 Å². The largest absolute Gasteiger partial charge is 0.452 e. The van der Waals surface area contributed by atoms with Gasteiger partial charge in [0, 0.05) is 5.72 Å². The lowest BCUT2D eigenvalue weighted by molar-refractivity contribution is 0.351. The Hall–Kier alpha value is -0.0301. The molecule has 0 amide bonds. The molecule has 4 N–H and O–H groups in total. The Morgan fingerprint density at radius 1 is 1.00 bits per heavy atom. The molecule has 0 aliphatic heterocycles. The van der Waals surface area contributed by atoms with Gasteiger partial charge in [0.2, 0.25) is 0 Å². The van der Waals surface area contributed by atoms with Crippen LogP contribution in [0.5, 0.6) is 0 Å². The summed E-state index contributed by atoms with van der Waals surface area (Å²) in [5.41, 5.74) is -0.837. The van der Waals surface area contributed by atoms with Crippen LogP contribution in [0.3, 0.4) is 0 Å². The van der Waals surface area contributed by atoms with Crippen LogP contribution >= 0.6 is 0 Å². The lowest BCUT2D eigenvalue weighted by Gasteiger charge is -2.13. The van der Waals surface area contributed by atoms with E-state index in [4.69, 9.17) is 20.1 Å². The molecular weight excluding hydrogens is 158 g/mol. The van der Waals surface area contributed by atoms with Gasteiger partial charge < -0.3 is 20.1 Å². The summed E-state index contributed by atoms with van der Waals surface area (Å²) in [4.78, 5) is 0. The molecule has 4 nitrogen and oxygen atoms in total. The molecule has 0 aromatic heterocycles. The average Bonchev–Trinajstić information content (AvgIpc) is 1.96. The van der Waals surface area contributed by atoms with Gasteiger partial charge in [-0.2, -0.15) is 0 Å². The Bertz CT molecular complexity index is 102. The van der Waals surface area contributed by atoms with Crippen molar-refractivity contribution >= 4 is 14.2 Å². The molecule has 0 radical (unpaired) electrons. The summed E-state index contributed by atoms with van der Waals surface area (Å²) >= 11 is 0. The van der Waals surface area contributed by atoms with Gasteiger partial charge in [0.05, 0.1) is 0 Å². The molecule has 0 bridgehead atoms. The zero-order chi connectivity index (χ0) is 9.56. The summed E-state index contributed by atoms with van der Waals surface area (Å²) in [5.74, 6) is 0. The summed E-state index contributed by atoms with van der Waals surface area (Å²) in [5, 5.41) is 34.9. The second kappa shape index (κ2) is 6.48. The maximum absolute atomic E-state index is 8.72. The van der Waals surface area contributed by atoms with Crippen molar-refractivity contribution in [1.82, 2.24) is 0 Å². The van der Waals surface area contributed by atoms with Crippen molar-refractivity contribution in [3.05, 3.63) is 0 Å². The molecular formula is C6H16B2O4. The van der Waals surface area contributed by atoms with Crippen LogP contribution < -0.4 is 0 Å². The van der Waals surface area contributed by atoms with Crippen molar-refractivity contribution in [2.24, 2.45) is 0 Å². The van der Waals surface area contributed by atoms with Crippen molar-refractivity contribution in [1.29, 1.82) is 0 Å². The molecule has 0 aromatic rings. The van der Waals surface area contributed by atoms with Crippen molar-refractivity contribution < 1.29 is 20.1 Å². The summed E-state index contributed by atoms with van der Waals surface area (Å²) in [7, 11) is -3.27. The molecule has 0 aliphatic carbocycles. The van der Waals surface area contributed by atoms with Crippen LogP contribution in [0.25, 0.3) is 0 Å². The predicted molar refractivity (Wildman–Crippen MR) is 48.3 cm³/mol. The van der Waals surface area contributed by atoms with Crippen LogP contribution in [0.15, 0.2) is 0 Å². The van der Waals surface area contributed by atoms with Gasteiger partial charge in [-0.15, -0.1) is 0 Å². The second-order valence-electron chi connectivity index (χ2n) is 2.99. The maximum Gasteiger partial charge on any atom is 0.452 e. The smallest absolute Gasteiger partial charge is 0.427 e. The first-order valence-electron chi connectivity index (χ1n) is 4.31. The van der Waals surface area contributed by atoms with E-state index in [-0.39, 0.29) is 0 Å². The molecule has 0 atom stereocenters. The van der Waals surface area contributed by atoms with Gasteiger partial charge >= 0.3 is 14.2 Å². The molecule has 0 heterocycles. The Balaban J connectivity index is 3.64. The zero-order valence-electron chi connectivity index (χ0n) is 7.35. The number of unbranched alkanes of at least 4 members (excludes halogenated alkanes) is 2. The Labute approximate surface area is 73.5 Å². The van der Waals surface area contributed by atoms with E-state index in [0.29, 0.717) is 6.42 Å². The number of hydrogen-bond acceptors (Lipinski definition) is 4. The number of rotatable bonds is 6. The lowest BCUT2D eigenvalue weighted by Crippen LogP contribution is -2.33. The Morgan fingerprint density at radius 3 is 1.83 bits per heavy atom.